The van der Waals surface area contributed by atoms with Crippen molar-refractivity contribution in [2.75, 3.05) is 63.4 Å². The molecule has 0 spiro atoms. The summed E-state index contributed by atoms with van der Waals surface area (Å²) in [5.74, 6) is 6.27. The number of nitrogens with zero attached hydrogens (tertiary/aromatic N) is 10. The lowest BCUT2D eigenvalue weighted by Gasteiger charge is -2.47. The molecule has 97 heavy (non-hydrogen) atoms. The number of hydrogen-bond donors (Lipinski definition) is 11. The largest absolute Gasteiger partial charge is 0.354 e. The fraction of sp³-hybridized carbons (Fsp3) is 0.882. The van der Waals surface area contributed by atoms with E-state index in [2.05, 4.69) is 230 Å². The molecule has 0 unspecified atom stereocenters. The van der Waals surface area contributed by atoms with Crippen molar-refractivity contribution in [1.82, 2.24) is 71.0 Å². The Labute approximate surface area is 588 Å². The van der Waals surface area contributed by atoms with Gasteiger partial charge in [0.05, 0.1) is 0 Å². The first kappa shape index (κ1) is 76.6. The molecule has 6 fully saturated rings. The van der Waals surface area contributed by atoms with Crippen LogP contribution in [-0.2, 0) is 12.8 Å². The van der Waals surface area contributed by atoms with Gasteiger partial charge in [-0.25, -0.2) is 0 Å². The lowest BCUT2D eigenvalue weighted by atomic mass is 9.63. The van der Waals surface area contributed by atoms with Crippen molar-refractivity contribution < 1.29 is 0 Å². The molecule has 0 atom stereocenters. The topological polar surface area (TPSA) is 252 Å². The molecule has 6 aliphatic rings. The number of aryl methyl sites for hydroxylation is 2. The van der Waals surface area contributed by atoms with E-state index < -0.39 is 0 Å². The predicted octanol–water partition coefficient (Wildman–Crippen LogP) is 14.3. The summed E-state index contributed by atoms with van der Waals surface area (Å²) in [4.78, 5) is 49.0. The van der Waals surface area contributed by atoms with Crippen LogP contribution in [-0.4, -0.2) is 156 Å². The average Bonchev–Trinajstić information content (AvgIpc) is 0.825. The van der Waals surface area contributed by atoms with Crippen LogP contribution in [0.25, 0.3) is 0 Å². The Balaban J connectivity index is 0.922. The van der Waals surface area contributed by atoms with Crippen LogP contribution < -0.4 is 58.5 Å². The van der Waals surface area contributed by atoms with E-state index in [-0.39, 0.29) is 102 Å². The van der Waals surface area contributed by atoms with E-state index >= 15 is 0 Å². The van der Waals surface area contributed by atoms with Crippen LogP contribution >= 0.6 is 0 Å². The van der Waals surface area contributed by atoms with Gasteiger partial charge >= 0.3 is 0 Å². The Morgan fingerprint density at radius 1 is 0.278 bits per heavy atom. The molecule has 0 bridgehead atoms. The van der Waals surface area contributed by atoms with Crippen molar-refractivity contribution in [3.8, 4) is 0 Å². The Bertz CT molecular complexity index is 2500. The summed E-state index contributed by atoms with van der Waals surface area (Å²) in [7, 11) is 0. The zero-order chi connectivity index (χ0) is 71.1. The highest BCUT2D eigenvalue weighted by molar-refractivity contribution is 5.44. The number of nitrogens with one attached hydrogen (secondary N) is 11. The van der Waals surface area contributed by atoms with Crippen LogP contribution in [0.1, 0.15) is 300 Å². The van der Waals surface area contributed by atoms with E-state index in [1.807, 2.05) is 0 Å². The van der Waals surface area contributed by atoms with Crippen molar-refractivity contribution in [2.45, 2.75) is 382 Å². The number of unbranched alkanes of at least 4 members (excludes halogenated alkanes) is 2. The van der Waals surface area contributed by atoms with Crippen molar-refractivity contribution in [3.63, 3.8) is 0 Å². The smallest absolute Gasteiger partial charge is 0.229 e. The molecule has 4 saturated heterocycles. The summed E-state index contributed by atoms with van der Waals surface area (Å²) in [5.41, 5.74) is 0.706. The summed E-state index contributed by atoms with van der Waals surface area (Å²) in [6, 6.07) is 1.44. The Morgan fingerprint density at radius 2 is 0.495 bits per heavy atom. The number of piperidine rings is 4. The SMILES string of the molecule is CC1(C)CC(Nc2nc(NCCCN(CCCCc3nc(NC4CC(C)(C)NC(C)(C)C4)nc(NC4CC(C)(C)NC(C)(C)C4)n3)CCCCc3nc(NC4CC(C)(C)NC(C)(C)C4)nc(NC4CC(C)(C)NC(C)(C)C4)n3)nc(NC3CC(C)(C)CC(C)(C)C3)n2)CC(C)(C)C1. The van der Waals surface area contributed by atoms with E-state index in [9.17, 15) is 0 Å². The molecule has 11 N–H and O–H groups in total. The fourth-order valence-corrected chi connectivity index (χ4v) is 20.7. The van der Waals surface area contributed by atoms with E-state index in [0.29, 0.717) is 41.6 Å². The van der Waals surface area contributed by atoms with E-state index in [0.717, 1.165) is 160 Å². The molecule has 7 heterocycles. The second-order valence-corrected chi connectivity index (χ2v) is 40.2. The molecule has 21 nitrogen and oxygen atoms in total. The Kier molecular flexibility index (Phi) is 22.9. The predicted molar refractivity (Wildman–Crippen MR) is 404 cm³/mol. The van der Waals surface area contributed by atoms with Crippen molar-refractivity contribution >= 4 is 41.6 Å². The second-order valence-electron chi connectivity index (χ2n) is 40.2. The van der Waals surface area contributed by atoms with Gasteiger partial charge in [0.15, 0.2) is 0 Å². The number of hydrogen-bond acceptors (Lipinski definition) is 21. The molecule has 21 heteroatoms. The highest BCUT2D eigenvalue weighted by atomic mass is 15.3. The molecular weight excluding hydrogens is 1210 g/mol. The maximum Gasteiger partial charge on any atom is 0.229 e. The van der Waals surface area contributed by atoms with Crippen molar-refractivity contribution in [3.05, 3.63) is 11.6 Å². The molecule has 4 aliphatic heterocycles. The Hall–Kier alpha value is -4.57. The van der Waals surface area contributed by atoms with E-state index in [4.69, 9.17) is 44.9 Å². The monoisotopic (exact) mass is 1350 g/mol. The molecule has 548 valence electrons. The summed E-state index contributed by atoms with van der Waals surface area (Å²) >= 11 is 0. The maximum absolute atomic E-state index is 5.19. The minimum atomic E-state index is -0.0217. The number of anilines is 7. The van der Waals surface area contributed by atoms with Crippen LogP contribution in [0.5, 0.6) is 0 Å². The van der Waals surface area contributed by atoms with Gasteiger partial charge in [-0.2, -0.15) is 44.9 Å². The first-order chi connectivity index (χ1) is 44.6. The lowest BCUT2D eigenvalue weighted by molar-refractivity contribution is 0.105. The van der Waals surface area contributed by atoms with Gasteiger partial charge in [0.2, 0.25) is 41.6 Å². The fourth-order valence-electron chi connectivity index (χ4n) is 20.7. The molecule has 2 aliphatic carbocycles. The molecule has 0 aromatic carbocycles. The third-order valence-electron chi connectivity index (χ3n) is 21.1. The molecule has 9 rings (SSSR count). The first-order valence-corrected chi connectivity index (χ1v) is 38.1. The van der Waals surface area contributed by atoms with Crippen molar-refractivity contribution in [2.24, 2.45) is 21.7 Å². The maximum atomic E-state index is 5.19. The molecule has 0 radical (unpaired) electrons. The van der Waals surface area contributed by atoms with Crippen LogP contribution in [0.2, 0.25) is 0 Å². The third-order valence-corrected chi connectivity index (χ3v) is 21.1. The molecule has 3 aromatic rings. The number of aromatic nitrogens is 9. The zero-order valence-corrected chi connectivity index (χ0v) is 65.6. The van der Waals surface area contributed by atoms with Crippen LogP contribution in [0.15, 0.2) is 0 Å². The second kappa shape index (κ2) is 29.0. The van der Waals surface area contributed by atoms with Gasteiger partial charge in [0.1, 0.15) is 11.6 Å². The molecular formula is C76H139N21. The average molecular weight is 1350 g/mol. The highest BCUT2D eigenvalue weighted by Gasteiger charge is 2.44. The van der Waals surface area contributed by atoms with Crippen LogP contribution in [0, 0.1) is 21.7 Å². The Morgan fingerprint density at radius 3 is 0.753 bits per heavy atom. The van der Waals surface area contributed by atoms with Crippen molar-refractivity contribution in [1.29, 1.82) is 0 Å². The zero-order valence-electron chi connectivity index (χ0n) is 65.6. The van der Waals surface area contributed by atoms with Gasteiger partial charge in [0.25, 0.3) is 0 Å². The molecule has 3 aromatic heterocycles. The van der Waals surface area contributed by atoms with Gasteiger partial charge in [0, 0.05) is 99.9 Å². The van der Waals surface area contributed by atoms with Crippen LogP contribution in [0.4, 0.5) is 41.6 Å². The standard InChI is InChI=1S/C76H139N21/c1-65(2)36-50(37-66(3,4)48-65)78-63-88-58(89-64(92-63)79-51-38-67(5,6)49-68(7,8)39-51)77-32-29-35-97(33-27-25-30-56-84-59(80-52-40-69(9,10)93-70(11,12)41-52)90-60(85-56)81-53-42-71(13,14)94-72(15,16)43-53)34-28-26-31-57-86-61(82-54-44-73(17,18)95-74(19,20)45-54)91-62(87-57)83-55-46-75(21,22)96-76(23,24)47-55/h50-55,93-96H,25-49H2,1-24H3,(H2,80,81,84,85,90)(H2,82,83,86,87,91)(H3,77,78,79,88,89,92). The van der Waals surface area contributed by atoms with Crippen LogP contribution in [0.3, 0.4) is 0 Å². The van der Waals surface area contributed by atoms with E-state index in [1.54, 1.807) is 0 Å². The summed E-state index contributed by atoms with van der Waals surface area (Å²) in [5, 5.41) is 42.1. The quantitative estimate of drug-likeness (QED) is 0.0317. The normalized spacial score (nSPS) is 25.0. The van der Waals surface area contributed by atoms with Gasteiger partial charge < -0.3 is 63.4 Å². The molecule has 0 amide bonds. The minimum Gasteiger partial charge on any atom is -0.354 e. The molecule has 2 saturated carbocycles. The first-order valence-electron chi connectivity index (χ1n) is 38.1. The summed E-state index contributed by atoms with van der Waals surface area (Å²) in [6.45, 7) is 59.6. The highest BCUT2D eigenvalue weighted by Crippen LogP contribution is 2.48. The summed E-state index contributed by atoms with van der Waals surface area (Å²) in [6.07, 6.45) is 20.8. The third kappa shape index (κ3) is 24.6. The van der Waals surface area contributed by atoms with Gasteiger partial charge in [-0.15, -0.1) is 0 Å². The van der Waals surface area contributed by atoms with Gasteiger partial charge in [-0.1, -0.05) is 55.4 Å². The minimum absolute atomic E-state index is 0.0217. The lowest BCUT2D eigenvalue weighted by Crippen LogP contribution is -2.60. The number of rotatable bonds is 27. The van der Waals surface area contributed by atoms with E-state index in [1.165, 1.54) is 12.8 Å². The van der Waals surface area contributed by atoms with Gasteiger partial charge in [-0.3, -0.25) is 0 Å². The van der Waals surface area contributed by atoms with Gasteiger partial charge in [-0.05, 0) is 274 Å². The summed E-state index contributed by atoms with van der Waals surface area (Å²) < 4.78 is 0.